The van der Waals surface area contributed by atoms with Crippen LogP contribution in [0.2, 0.25) is 0 Å². The van der Waals surface area contributed by atoms with Gasteiger partial charge in [-0.25, -0.2) is 4.39 Å². The Kier molecular flexibility index (Phi) is 5.89. The van der Waals surface area contributed by atoms with Crippen LogP contribution < -0.4 is 10.5 Å². The summed E-state index contributed by atoms with van der Waals surface area (Å²) in [7, 11) is 0. The Morgan fingerprint density at radius 1 is 1.27 bits per heavy atom. The Hall–Kier alpha value is -2.40. The molecular weight excluding hydrogens is 331 g/mol. The molecule has 0 saturated carbocycles. The first-order chi connectivity index (χ1) is 12.5. The smallest absolute Gasteiger partial charge is 0.257 e. The average Bonchev–Trinajstić information content (AvgIpc) is 2.67. The standard InChI is InChI=1S/C21H25FN2O2/c1-15(23)17-5-4-12-24(13-17)21(25)19-6-2-3-7-20(19)26-14-16-8-10-18(22)11-9-16/h2-3,6-11,15,17H,4-5,12-14,23H2,1H3/t15-,17-/m0/s1. The van der Waals surface area contributed by atoms with Gasteiger partial charge in [0.25, 0.3) is 5.91 Å². The lowest BCUT2D eigenvalue weighted by atomic mass is 9.92. The summed E-state index contributed by atoms with van der Waals surface area (Å²) < 4.78 is 18.9. The Labute approximate surface area is 153 Å². The number of likely N-dealkylation sites (tertiary alicyclic amines) is 1. The molecule has 0 aromatic heterocycles. The third-order valence-corrected chi connectivity index (χ3v) is 4.91. The van der Waals surface area contributed by atoms with E-state index in [4.69, 9.17) is 10.5 Å². The van der Waals surface area contributed by atoms with E-state index in [1.54, 1.807) is 24.3 Å². The molecule has 26 heavy (non-hydrogen) atoms. The number of hydrogen-bond donors (Lipinski definition) is 1. The van der Waals surface area contributed by atoms with E-state index in [2.05, 4.69) is 0 Å². The zero-order chi connectivity index (χ0) is 18.5. The third kappa shape index (κ3) is 4.41. The average molecular weight is 356 g/mol. The minimum absolute atomic E-state index is 0.0231. The number of ether oxygens (including phenoxy) is 1. The summed E-state index contributed by atoms with van der Waals surface area (Å²) in [5, 5.41) is 0. The molecule has 1 aliphatic rings. The molecule has 1 saturated heterocycles. The summed E-state index contributed by atoms with van der Waals surface area (Å²) in [6.07, 6.45) is 2.03. The lowest BCUT2D eigenvalue weighted by molar-refractivity contribution is 0.0656. The van der Waals surface area contributed by atoms with Crippen LogP contribution in [0.1, 0.15) is 35.7 Å². The summed E-state index contributed by atoms with van der Waals surface area (Å²) in [4.78, 5) is 14.9. The minimum atomic E-state index is -0.280. The number of piperidine rings is 1. The largest absolute Gasteiger partial charge is 0.488 e. The summed E-state index contributed by atoms with van der Waals surface area (Å²) in [5.41, 5.74) is 7.44. The van der Waals surface area contributed by atoms with Crippen LogP contribution in [0.5, 0.6) is 5.75 Å². The third-order valence-electron chi connectivity index (χ3n) is 4.91. The van der Waals surface area contributed by atoms with Gasteiger partial charge in [-0.15, -0.1) is 0 Å². The first-order valence-corrected chi connectivity index (χ1v) is 9.05. The van der Waals surface area contributed by atoms with Gasteiger partial charge in [-0.1, -0.05) is 24.3 Å². The van der Waals surface area contributed by atoms with Crippen LogP contribution in [0, 0.1) is 11.7 Å². The second kappa shape index (κ2) is 8.32. The highest BCUT2D eigenvalue weighted by molar-refractivity contribution is 5.97. The second-order valence-corrected chi connectivity index (χ2v) is 6.92. The van der Waals surface area contributed by atoms with E-state index in [0.29, 0.717) is 23.8 Å². The molecule has 5 heteroatoms. The number of para-hydroxylation sites is 1. The molecule has 0 unspecified atom stereocenters. The van der Waals surface area contributed by atoms with Crippen molar-refractivity contribution in [3.8, 4) is 5.75 Å². The SMILES string of the molecule is C[C@H](N)[C@H]1CCCN(C(=O)c2ccccc2OCc2ccc(F)cc2)C1. The number of carbonyl (C=O) groups excluding carboxylic acids is 1. The number of benzene rings is 2. The van der Waals surface area contributed by atoms with E-state index in [1.165, 1.54) is 12.1 Å². The van der Waals surface area contributed by atoms with Crippen LogP contribution in [0.3, 0.4) is 0 Å². The fraction of sp³-hybridized carbons (Fsp3) is 0.381. The summed E-state index contributed by atoms with van der Waals surface area (Å²) in [5.74, 6) is 0.577. The molecule has 138 valence electrons. The molecule has 0 aliphatic carbocycles. The van der Waals surface area contributed by atoms with E-state index in [9.17, 15) is 9.18 Å². The van der Waals surface area contributed by atoms with Gasteiger partial charge in [0.15, 0.2) is 0 Å². The van der Waals surface area contributed by atoms with E-state index in [0.717, 1.165) is 24.9 Å². The molecule has 0 radical (unpaired) electrons. The van der Waals surface area contributed by atoms with Crippen molar-refractivity contribution in [2.75, 3.05) is 13.1 Å². The predicted octanol–water partition coefficient (Wildman–Crippen LogP) is 3.60. The van der Waals surface area contributed by atoms with E-state index < -0.39 is 0 Å². The molecule has 1 fully saturated rings. The fourth-order valence-corrected chi connectivity index (χ4v) is 3.30. The molecule has 2 aromatic carbocycles. The summed E-state index contributed by atoms with van der Waals surface area (Å²) in [6, 6.07) is 13.5. The molecule has 4 nitrogen and oxygen atoms in total. The molecule has 2 aromatic rings. The fourth-order valence-electron chi connectivity index (χ4n) is 3.30. The number of hydrogen-bond acceptors (Lipinski definition) is 3. The Bertz CT molecular complexity index is 746. The summed E-state index contributed by atoms with van der Waals surface area (Å²) in [6.45, 7) is 3.71. The van der Waals surface area contributed by atoms with Gasteiger partial charge in [-0.2, -0.15) is 0 Å². The van der Waals surface area contributed by atoms with Gasteiger partial charge in [0.05, 0.1) is 5.56 Å². The number of nitrogens with zero attached hydrogens (tertiary/aromatic N) is 1. The van der Waals surface area contributed by atoms with Gasteiger partial charge in [0.2, 0.25) is 0 Å². The van der Waals surface area contributed by atoms with Gasteiger partial charge in [0, 0.05) is 19.1 Å². The van der Waals surface area contributed by atoms with Gasteiger partial charge in [0.1, 0.15) is 18.2 Å². The lowest BCUT2D eigenvalue weighted by Gasteiger charge is -2.35. The number of rotatable bonds is 5. The van der Waals surface area contributed by atoms with E-state index in [1.807, 2.05) is 24.0 Å². The molecule has 1 amide bonds. The number of halogens is 1. The molecular formula is C21H25FN2O2. The maximum Gasteiger partial charge on any atom is 0.257 e. The van der Waals surface area contributed by atoms with Gasteiger partial charge in [-0.3, -0.25) is 4.79 Å². The lowest BCUT2D eigenvalue weighted by Crippen LogP contribution is -2.45. The van der Waals surface area contributed by atoms with Crippen LogP contribution in [0.25, 0.3) is 0 Å². The van der Waals surface area contributed by atoms with Crippen molar-refractivity contribution in [2.24, 2.45) is 11.7 Å². The van der Waals surface area contributed by atoms with Crippen molar-refractivity contribution >= 4 is 5.91 Å². The maximum absolute atomic E-state index is 13.0. The van der Waals surface area contributed by atoms with Crippen molar-refractivity contribution in [3.05, 3.63) is 65.5 Å². The van der Waals surface area contributed by atoms with Gasteiger partial charge in [-0.05, 0) is 55.5 Å². The molecule has 2 atom stereocenters. The topological polar surface area (TPSA) is 55.6 Å². The van der Waals surface area contributed by atoms with E-state index in [-0.39, 0.29) is 24.4 Å². The van der Waals surface area contributed by atoms with Gasteiger partial charge < -0.3 is 15.4 Å². The molecule has 2 N–H and O–H groups in total. The second-order valence-electron chi connectivity index (χ2n) is 6.92. The number of nitrogens with two attached hydrogens (primary N) is 1. The van der Waals surface area contributed by atoms with Crippen LogP contribution >= 0.6 is 0 Å². The molecule has 1 heterocycles. The Balaban J connectivity index is 1.71. The normalized spacial score (nSPS) is 18.4. The first-order valence-electron chi connectivity index (χ1n) is 9.05. The first kappa shape index (κ1) is 18.4. The van der Waals surface area contributed by atoms with Crippen molar-refractivity contribution < 1.29 is 13.9 Å². The van der Waals surface area contributed by atoms with Crippen molar-refractivity contribution in [2.45, 2.75) is 32.4 Å². The van der Waals surface area contributed by atoms with Crippen LogP contribution in [-0.2, 0) is 6.61 Å². The Morgan fingerprint density at radius 2 is 2.00 bits per heavy atom. The molecule has 0 spiro atoms. The quantitative estimate of drug-likeness (QED) is 0.890. The predicted molar refractivity (Wildman–Crippen MR) is 99.5 cm³/mol. The summed E-state index contributed by atoms with van der Waals surface area (Å²) >= 11 is 0. The van der Waals surface area contributed by atoms with Crippen LogP contribution in [0.15, 0.2) is 48.5 Å². The van der Waals surface area contributed by atoms with Crippen molar-refractivity contribution in [1.82, 2.24) is 4.90 Å². The van der Waals surface area contributed by atoms with Crippen LogP contribution in [0.4, 0.5) is 4.39 Å². The van der Waals surface area contributed by atoms with Gasteiger partial charge >= 0.3 is 0 Å². The Morgan fingerprint density at radius 3 is 2.73 bits per heavy atom. The highest BCUT2D eigenvalue weighted by Gasteiger charge is 2.27. The zero-order valence-corrected chi connectivity index (χ0v) is 15.0. The minimum Gasteiger partial charge on any atom is -0.488 e. The highest BCUT2D eigenvalue weighted by atomic mass is 19.1. The monoisotopic (exact) mass is 356 g/mol. The molecule has 0 bridgehead atoms. The maximum atomic E-state index is 13.0. The highest BCUT2D eigenvalue weighted by Crippen LogP contribution is 2.25. The number of carbonyl (C=O) groups is 1. The molecule has 3 rings (SSSR count). The zero-order valence-electron chi connectivity index (χ0n) is 15.0. The van der Waals surface area contributed by atoms with Crippen molar-refractivity contribution in [1.29, 1.82) is 0 Å². The molecule has 1 aliphatic heterocycles. The van der Waals surface area contributed by atoms with Crippen molar-refractivity contribution in [3.63, 3.8) is 0 Å². The number of amides is 1. The van der Waals surface area contributed by atoms with E-state index >= 15 is 0 Å². The van der Waals surface area contributed by atoms with Crippen LogP contribution in [-0.4, -0.2) is 29.9 Å².